The van der Waals surface area contributed by atoms with Gasteiger partial charge in [0.15, 0.2) is 5.60 Å². The molecule has 9 nitrogen and oxygen atoms in total. The van der Waals surface area contributed by atoms with Gasteiger partial charge in [-0.3, -0.25) is 19.6 Å². The van der Waals surface area contributed by atoms with Crippen molar-refractivity contribution in [3.8, 4) is 11.1 Å². The van der Waals surface area contributed by atoms with Gasteiger partial charge in [0.2, 0.25) is 0 Å². The number of hydrogen-bond donors (Lipinski definition) is 3. The van der Waals surface area contributed by atoms with E-state index in [1.54, 1.807) is 34.1 Å². The summed E-state index contributed by atoms with van der Waals surface area (Å²) < 4.78 is 8.67. The van der Waals surface area contributed by atoms with E-state index in [4.69, 9.17) is 27.6 Å². The van der Waals surface area contributed by atoms with Crippen LogP contribution in [0, 0.1) is 5.41 Å². The van der Waals surface area contributed by atoms with Crippen molar-refractivity contribution >= 4 is 23.3 Å². The molecule has 0 unspecified atom stereocenters. The Balaban J connectivity index is 1.40. The predicted molar refractivity (Wildman–Crippen MR) is 118 cm³/mol. The molecule has 1 aliphatic rings. The Morgan fingerprint density at radius 3 is 2.61 bits per heavy atom. The molecule has 0 radical (unpaired) electrons. The molecular weight excluding hydrogens is 418 g/mol. The van der Waals surface area contributed by atoms with Gasteiger partial charge in [-0.2, -0.15) is 5.10 Å². The number of carbonyl (C=O) groups excluding carboxylic acids is 1. The first-order valence-corrected chi connectivity index (χ1v) is 10.1. The average molecular weight is 442 g/mol. The average Bonchev–Trinajstić information content (AvgIpc) is 3.32. The summed E-state index contributed by atoms with van der Waals surface area (Å²) in [6.07, 6.45) is 5.38. The predicted octanol–water partition coefficient (Wildman–Crippen LogP) is 1.60. The zero-order valence-corrected chi connectivity index (χ0v) is 18.1. The Kier molecular flexibility index (Phi) is 5.47. The lowest BCUT2D eigenvalue weighted by atomic mass is 9.92. The van der Waals surface area contributed by atoms with Crippen LogP contribution in [0.15, 0.2) is 48.9 Å². The number of rotatable bonds is 6. The number of halogens is 1. The molecule has 10 heteroatoms. The fourth-order valence-corrected chi connectivity index (χ4v) is 3.72. The molecule has 31 heavy (non-hydrogen) atoms. The number of aromatic nitrogens is 3. The lowest BCUT2D eigenvalue weighted by Gasteiger charge is -2.48. The molecule has 0 spiro atoms. The zero-order valence-electron chi connectivity index (χ0n) is 17.3. The fraction of sp³-hybridized carbons (Fsp3) is 0.286. The monoisotopic (exact) mass is 441 g/mol. The largest absolute Gasteiger partial charge is 0.365 e. The van der Waals surface area contributed by atoms with Crippen molar-refractivity contribution < 1.29 is 9.53 Å². The van der Waals surface area contributed by atoms with Gasteiger partial charge in [-0.1, -0.05) is 23.7 Å². The van der Waals surface area contributed by atoms with Crippen LogP contribution >= 0.6 is 11.6 Å². The summed E-state index contributed by atoms with van der Waals surface area (Å²) in [5.41, 5.74) is 2.27. The second-order valence-electron chi connectivity index (χ2n) is 7.64. The minimum absolute atomic E-state index is 0.215. The number of nitrogen functional groups attached to an aromatic ring is 1. The summed E-state index contributed by atoms with van der Waals surface area (Å²) in [6.45, 7) is 0.906. The van der Waals surface area contributed by atoms with Crippen LogP contribution in [0.2, 0.25) is 5.02 Å². The van der Waals surface area contributed by atoms with Crippen molar-refractivity contribution in [3.63, 3.8) is 0 Å². The lowest BCUT2D eigenvalue weighted by molar-refractivity contribution is -0.159. The highest BCUT2D eigenvalue weighted by Gasteiger charge is 2.51. The van der Waals surface area contributed by atoms with Crippen molar-refractivity contribution in [1.82, 2.24) is 24.7 Å². The number of amides is 1. The summed E-state index contributed by atoms with van der Waals surface area (Å²) in [5.74, 6) is 6.11. The molecule has 3 aromatic rings. The van der Waals surface area contributed by atoms with Crippen LogP contribution in [0.5, 0.6) is 0 Å². The van der Waals surface area contributed by atoms with Crippen LogP contribution in [0.4, 0.5) is 0 Å². The van der Waals surface area contributed by atoms with Gasteiger partial charge in [-0.15, -0.1) is 0 Å². The first kappa shape index (κ1) is 21.0. The van der Waals surface area contributed by atoms with Gasteiger partial charge in [0.05, 0.1) is 19.3 Å². The van der Waals surface area contributed by atoms with E-state index >= 15 is 0 Å². The number of likely N-dealkylation sites (tertiary alicyclic amines) is 1. The molecule has 3 heterocycles. The molecule has 1 aromatic carbocycles. The maximum Gasteiger partial charge on any atom is 0.256 e. The van der Waals surface area contributed by atoms with Gasteiger partial charge >= 0.3 is 0 Å². The molecule has 0 aliphatic carbocycles. The highest BCUT2D eigenvalue weighted by Crippen LogP contribution is 2.28. The second-order valence-corrected chi connectivity index (χ2v) is 8.07. The van der Waals surface area contributed by atoms with E-state index in [1.165, 1.54) is 11.8 Å². The third-order valence-electron chi connectivity index (χ3n) is 5.51. The molecular formula is C21H24ClN7O2. The van der Waals surface area contributed by atoms with Gasteiger partial charge in [0.1, 0.15) is 11.5 Å². The molecule has 1 saturated heterocycles. The summed E-state index contributed by atoms with van der Waals surface area (Å²) in [5, 5.41) is 16.3. The topological polar surface area (TPSA) is 114 Å². The normalized spacial score (nSPS) is 14.9. The molecule has 1 aliphatic heterocycles. The number of nitrogens with two attached hydrogens (primary N) is 1. The van der Waals surface area contributed by atoms with Gasteiger partial charge in [-0.05, 0) is 23.8 Å². The Hall–Kier alpha value is -3.30. The van der Waals surface area contributed by atoms with Crippen molar-refractivity contribution in [1.29, 1.82) is 5.41 Å². The van der Waals surface area contributed by atoms with Crippen LogP contribution in [0.3, 0.4) is 0 Å². The molecule has 4 N–H and O–H groups in total. The van der Waals surface area contributed by atoms with E-state index in [0.29, 0.717) is 17.3 Å². The van der Waals surface area contributed by atoms with Gasteiger partial charge in [-0.25, -0.2) is 0 Å². The Labute approximate surface area is 184 Å². The maximum atomic E-state index is 12.8. The minimum Gasteiger partial charge on any atom is -0.365 e. The van der Waals surface area contributed by atoms with E-state index in [1.807, 2.05) is 31.4 Å². The highest BCUT2D eigenvalue weighted by molar-refractivity contribution is 6.30. The smallest absolute Gasteiger partial charge is 0.256 e. The third kappa shape index (κ3) is 4.01. The number of hydrogen-bond acceptors (Lipinski definition) is 5. The Morgan fingerprint density at radius 2 is 2.00 bits per heavy atom. The number of carbonyl (C=O) groups is 1. The van der Waals surface area contributed by atoms with Gasteiger partial charge < -0.3 is 20.8 Å². The van der Waals surface area contributed by atoms with Crippen molar-refractivity contribution in [3.05, 3.63) is 65.2 Å². The number of methoxy groups -OCH3 is 1. The van der Waals surface area contributed by atoms with Crippen LogP contribution in [0.25, 0.3) is 11.1 Å². The van der Waals surface area contributed by atoms with Crippen LogP contribution in [0.1, 0.15) is 11.3 Å². The molecule has 4 rings (SSSR count). The number of ether oxygens (including phenoxy) is 1. The van der Waals surface area contributed by atoms with E-state index in [9.17, 15) is 4.79 Å². The fourth-order valence-electron chi connectivity index (χ4n) is 3.60. The Morgan fingerprint density at radius 1 is 1.29 bits per heavy atom. The quantitative estimate of drug-likeness (QED) is 0.305. The van der Waals surface area contributed by atoms with E-state index < -0.39 is 5.60 Å². The third-order valence-corrected chi connectivity index (χ3v) is 5.76. The van der Waals surface area contributed by atoms with Crippen LogP contribution < -0.4 is 11.2 Å². The van der Waals surface area contributed by atoms with Crippen molar-refractivity contribution in [2.24, 2.45) is 7.05 Å². The number of aryl methyl sites for hydroxylation is 1. The first-order valence-electron chi connectivity index (χ1n) is 9.69. The van der Waals surface area contributed by atoms with E-state index in [-0.39, 0.29) is 24.8 Å². The molecule has 0 atom stereocenters. The molecule has 1 amide bonds. The highest BCUT2D eigenvalue weighted by atomic mass is 35.5. The first-order chi connectivity index (χ1) is 14.8. The molecule has 0 bridgehead atoms. The van der Waals surface area contributed by atoms with Crippen LogP contribution in [-0.2, 0) is 23.1 Å². The van der Waals surface area contributed by atoms with E-state index in [2.05, 4.69) is 10.4 Å². The summed E-state index contributed by atoms with van der Waals surface area (Å²) in [7, 11) is 3.35. The SMILES string of the molecule is COC1(C(=O)NCc2ccc(Cl)cc2)CN(C(=N)c2cc(-c3cnn(C)c3)cn2N)C1. The molecule has 162 valence electrons. The van der Waals surface area contributed by atoms with Gasteiger partial charge in [0.25, 0.3) is 5.91 Å². The van der Waals surface area contributed by atoms with E-state index in [0.717, 1.165) is 16.7 Å². The standard InChI is InChI=1S/C21H24ClN7O2/c1-27-10-16(9-26-27)15-7-18(29(24)11-15)19(23)28-12-21(13-28,31-2)20(30)25-8-14-3-5-17(22)6-4-14/h3-7,9-11,23H,8,12-13,24H2,1-2H3,(H,25,30). The number of benzene rings is 1. The molecule has 1 fully saturated rings. The summed E-state index contributed by atoms with van der Waals surface area (Å²) >= 11 is 5.90. The van der Waals surface area contributed by atoms with Crippen LogP contribution in [-0.4, -0.2) is 56.9 Å². The molecule has 2 aromatic heterocycles. The minimum atomic E-state index is -1.00. The molecule has 0 saturated carbocycles. The number of nitrogens with zero attached hydrogens (tertiary/aromatic N) is 4. The second kappa shape index (κ2) is 8.09. The summed E-state index contributed by atoms with van der Waals surface area (Å²) in [6, 6.07) is 9.12. The zero-order chi connectivity index (χ0) is 22.2. The van der Waals surface area contributed by atoms with Crippen molar-refractivity contribution in [2.45, 2.75) is 12.1 Å². The van der Waals surface area contributed by atoms with Crippen molar-refractivity contribution in [2.75, 3.05) is 26.0 Å². The Bertz CT molecular complexity index is 1110. The maximum absolute atomic E-state index is 12.8. The van der Waals surface area contributed by atoms with Gasteiger partial charge in [0, 0.05) is 49.2 Å². The summed E-state index contributed by atoms with van der Waals surface area (Å²) in [4.78, 5) is 14.5. The number of nitrogens with one attached hydrogen (secondary N) is 2. The number of amidine groups is 1. The lowest BCUT2D eigenvalue weighted by Crippen LogP contribution is -2.70.